The first-order valence-electron chi connectivity index (χ1n) is 13.6. The summed E-state index contributed by atoms with van der Waals surface area (Å²) in [5, 5.41) is 9.89. The van der Waals surface area contributed by atoms with E-state index < -0.39 is 0 Å². The molecule has 0 saturated carbocycles. The lowest BCUT2D eigenvalue weighted by atomic mass is 10.0. The van der Waals surface area contributed by atoms with Crippen LogP contribution in [-0.2, 0) is 0 Å². The Hall–Kier alpha value is -1.77. The number of hydrogen-bond acceptors (Lipinski definition) is 3. The normalized spacial score (nSPS) is 11.4. The van der Waals surface area contributed by atoms with Crippen molar-refractivity contribution in [3.8, 4) is 17.6 Å². The number of unbranched alkanes of at least 4 members (excludes halogenated alkanes) is 10. The summed E-state index contributed by atoms with van der Waals surface area (Å²) in [6, 6.07) is 14.1. The number of hydrogen-bond donors (Lipinski definition) is 0. The molecular weight excluding hydrogens is 578 g/mol. The van der Waals surface area contributed by atoms with Gasteiger partial charge < -0.3 is 9.47 Å². The highest BCUT2D eigenvalue weighted by molar-refractivity contribution is 9.10. The van der Waals surface area contributed by atoms with Crippen molar-refractivity contribution in [1.29, 1.82) is 5.26 Å². The summed E-state index contributed by atoms with van der Waals surface area (Å²) < 4.78 is 14.2. The van der Waals surface area contributed by atoms with E-state index in [4.69, 9.17) is 9.47 Å². The van der Waals surface area contributed by atoms with Crippen molar-refractivity contribution in [1.82, 2.24) is 0 Å². The molecule has 0 bridgehead atoms. The van der Waals surface area contributed by atoms with Gasteiger partial charge in [-0.1, -0.05) is 106 Å². The van der Waals surface area contributed by atoms with Crippen LogP contribution in [0.1, 0.15) is 102 Å². The molecule has 0 aliphatic rings. The predicted octanol–water partition coefficient (Wildman–Crippen LogP) is 10.8. The van der Waals surface area contributed by atoms with Crippen molar-refractivity contribution in [2.24, 2.45) is 0 Å². The van der Waals surface area contributed by atoms with Crippen molar-refractivity contribution in [2.75, 3.05) is 13.2 Å². The molecule has 0 aromatic heterocycles. The van der Waals surface area contributed by atoms with Gasteiger partial charge in [0.05, 0.1) is 29.3 Å². The highest BCUT2D eigenvalue weighted by atomic mass is 79.9. The number of rotatable bonds is 18. The van der Waals surface area contributed by atoms with Gasteiger partial charge in [-0.05, 0) is 64.7 Å². The minimum atomic E-state index is 0.594. The summed E-state index contributed by atoms with van der Waals surface area (Å²) in [5.41, 5.74) is 2.33. The second-order valence-electron chi connectivity index (χ2n) is 9.23. The minimum absolute atomic E-state index is 0.594. The van der Waals surface area contributed by atoms with Gasteiger partial charge in [-0.25, -0.2) is 0 Å². The lowest BCUT2D eigenvalue weighted by Gasteiger charge is -2.15. The van der Waals surface area contributed by atoms with E-state index in [9.17, 15) is 5.26 Å². The van der Waals surface area contributed by atoms with Crippen LogP contribution in [0.2, 0.25) is 0 Å². The predicted molar refractivity (Wildman–Crippen MR) is 160 cm³/mol. The van der Waals surface area contributed by atoms with Crippen molar-refractivity contribution >= 4 is 43.5 Å². The lowest BCUT2D eigenvalue weighted by molar-refractivity contribution is 0.294. The standard InChI is InChI=1S/C31H41Br2NO2/c1-3-5-7-9-11-13-19-35-30-23-29(33)31(36-20-14-12-10-8-6-4-2)22-26(30)21-27(24-34)25-15-17-28(32)18-16-25/h15-18,21-23H,3-14,19-20H2,1-2H3. The Morgan fingerprint density at radius 3 is 1.83 bits per heavy atom. The molecule has 0 atom stereocenters. The fraction of sp³-hybridized carbons (Fsp3) is 0.516. The molecular formula is C31H41Br2NO2. The van der Waals surface area contributed by atoms with E-state index >= 15 is 0 Å². The Morgan fingerprint density at radius 2 is 1.28 bits per heavy atom. The number of nitrogens with zero attached hydrogens (tertiary/aromatic N) is 1. The maximum atomic E-state index is 9.89. The van der Waals surface area contributed by atoms with E-state index in [2.05, 4.69) is 51.8 Å². The van der Waals surface area contributed by atoms with Gasteiger partial charge in [0.15, 0.2) is 0 Å². The average Bonchev–Trinajstić information content (AvgIpc) is 2.88. The van der Waals surface area contributed by atoms with Crippen LogP contribution in [0.15, 0.2) is 45.3 Å². The second-order valence-corrected chi connectivity index (χ2v) is 11.0. The molecule has 0 aliphatic heterocycles. The topological polar surface area (TPSA) is 42.2 Å². The molecule has 36 heavy (non-hydrogen) atoms. The first-order chi connectivity index (χ1) is 17.6. The number of halogens is 2. The molecule has 2 aromatic rings. The zero-order valence-electron chi connectivity index (χ0n) is 22.0. The Kier molecular flexibility index (Phi) is 15.6. The van der Waals surface area contributed by atoms with Gasteiger partial charge >= 0.3 is 0 Å². The molecule has 0 N–H and O–H groups in total. The maximum Gasteiger partial charge on any atom is 0.134 e. The van der Waals surface area contributed by atoms with Gasteiger partial charge in [0.25, 0.3) is 0 Å². The maximum absolute atomic E-state index is 9.89. The van der Waals surface area contributed by atoms with E-state index in [0.29, 0.717) is 18.8 Å². The average molecular weight is 619 g/mol. The molecule has 0 amide bonds. The summed E-state index contributed by atoms with van der Waals surface area (Å²) in [6.07, 6.45) is 16.6. The minimum Gasteiger partial charge on any atom is -0.493 e. The highest BCUT2D eigenvalue weighted by Crippen LogP contribution is 2.36. The van der Waals surface area contributed by atoms with Gasteiger partial charge in [-0.3, -0.25) is 0 Å². The van der Waals surface area contributed by atoms with E-state index in [1.54, 1.807) is 0 Å². The van der Waals surface area contributed by atoms with Crippen LogP contribution >= 0.6 is 31.9 Å². The molecule has 196 valence electrons. The fourth-order valence-electron chi connectivity index (χ4n) is 3.99. The van der Waals surface area contributed by atoms with Crippen LogP contribution < -0.4 is 9.47 Å². The van der Waals surface area contributed by atoms with Gasteiger partial charge in [0, 0.05) is 10.0 Å². The van der Waals surface area contributed by atoms with Gasteiger partial charge in [0.2, 0.25) is 0 Å². The zero-order valence-corrected chi connectivity index (χ0v) is 25.1. The number of ether oxygens (including phenoxy) is 2. The SMILES string of the molecule is CCCCCCCCOc1cc(C=C(C#N)c2ccc(Br)cc2)c(OCCCCCCCC)cc1Br. The van der Waals surface area contributed by atoms with Crippen LogP contribution in [0.4, 0.5) is 0 Å². The van der Waals surface area contributed by atoms with Crippen LogP contribution in [0.5, 0.6) is 11.5 Å². The van der Waals surface area contributed by atoms with Crippen molar-refractivity contribution in [3.63, 3.8) is 0 Å². The zero-order chi connectivity index (χ0) is 26.0. The first kappa shape index (κ1) is 30.5. The molecule has 0 fully saturated rings. The van der Waals surface area contributed by atoms with Crippen molar-refractivity contribution in [3.05, 3.63) is 56.5 Å². The second kappa shape index (κ2) is 18.5. The molecule has 0 unspecified atom stereocenters. The fourth-order valence-corrected chi connectivity index (χ4v) is 4.69. The van der Waals surface area contributed by atoms with E-state index in [0.717, 1.165) is 44.4 Å². The lowest BCUT2D eigenvalue weighted by Crippen LogP contribution is -2.02. The number of nitriles is 1. The molecule has 2 rings (SSSR count). The summed E-state index contributed by atoms with van der Waals surface area (Å²) in [4.78, 5) is 0. The van der Waals surface area contributed by atoms with Gasteiger partial charge in [-0.2, -0.15) is 5.26 Å². The van der Waals surface area contributed by atoms with Gasteiger partial charge in [0.1, 0.15) is 11.5 Å². The van der Waals surface area contributed by atoms with Gasteiger partial charge in [-0.15, -0.1) is 0 Å². The molecule has 2 aromatic carbocycles. The van der Waals surface area contributed by atoms with E-state index in [1.807, 2.05) is 42.5 Å². The first-order valence-corrected chi connectivity index (χ1v) is 15.1. The van der Waals surface area contributed by atoms with E-state index in [1.165, 1.54) is 64.2 Å². The molecule has 0 aliphatic carbocycles. The monoisotopic (exact) mass is 617 g/mol. The Morgan fingerprint density at radius 1 is 0.750 bits per heavy atom. The van der Waals surface area contributed by atoms with E-state index in [-0.39, 0.29) is 0 Å². The summed E-state index contributed by atoms with van der Waals surface area (Å²) in [5.74, 6) is 1.56. The third-order valence-corrected chi connectivity index (χ3v) is 7.30. The summed E-state index contributed by atoms with van der Waals surface area (Å²) in [6.45, 7) is 5.82. The summed E-state index contributed by atoms with van der Waals surface area (Å²) >= 11 is 7.15. The van der Waals surface area contributed by atoms with Crippen LogP contribution in [0.3, 0.4) is 0 Å². The summed E-state index contributed by atoms with van der Waals surface area (Å²) in [7, 11) is 0. The van der Waals surface area contributed by atoms with Crippen LogP contribution in [-0.4, -0.2) is 13.2 Å². The molecule has 5 heteroatoms. The molecule has 0 saturated heterocycles. The van der Waals surface area contributed by atoms with Crippen molar-refractivity contribution in [2.45, 2.75) is 90.9 Å². The van der Waals surface area contributed by atoms with Crippen LogP contribution in [0.25, 0.3) is 11.6 Å². The molecule has 3 nitrogen and oxygen atoms in total. The Balaban J connectivity index is 2.14. The third kappa shape index (κ3) is 11.5. The molecule has 0 heterocycles. The smallest absolute Gasteiger partial charge is 0.134 e. The third-order valence-electron chi connectivity index (χ3n) is 6.15. The van der Waals surface area contributed by atoms with Crippen molar-refractivity contribution < 1.29 is 9.47 Å². The Labute approximate surface area is 235 Å². The number of allylic oxidation sites excluding steroid dienone is 1. The largest absolute Gasteiger partial charge is 0.493 e. The molecule has 0 spiro atoms. The number of benzene rings is 2. The van der Waals surface area contributed by atoms with Crippen LogP contribution in [0, 0.1) is 11.3 Å². The Bertz CT molecular complexity index is 964. The quantitative estimate of drug-likeness (QED) is 0.0947. The highest BCUT2D eigenvalue weighted by Gasteiger charge is 2.12. The molecule has 0 radical (unpaired) electrons.